The van der Waals surface area contributed by atoms with E-state index >= 15 is 0 Å². The van der Waals surface area contributed by atoms with Crippen molar-refractivity contribution in [2.75, 3.05) is 20.1 Å². The summed E-state index contributed by atoms with van der Waals surface area (Å²) in [4.78, 5) is 14.0. The number of nitrogens with zero attached hydrogens (tertiary/aromatic N) is 1. The number of carbonyl (C=O) groups is 1. The van der Waals surface area contributed by atoms with Crippen molar-refractivity contribution in [3.05, 3.63) is 0 Å². The largest absolute Gasteiger partial charge is 0.368 e. The van der Waals surface area contributed by atoms with Crippen molar-refractivity contribution in [3.63, 3.8) is 0 Å². The van der Waals surface area contributed by atoms with Crippen LogP contribution in [0.5, 0.6) is 0 Å². The Morgan fingerprint density at radius 1 is 1.32 bits per heavy atom. The Bertz CT molecular complexity index is 279. The van der Waals surface area contributed by atoms with Gasteiger partial charge in [0.2, 0.25) is 5.91 Å². The van der Waals surface area contributed by atoms with Crippen molar-refractivity contribution < 1.29 is 4.79 Å². The number of carbonyl (C=O) groups excluding carboxylic acids is 1. The lowest BCUT2D eigenvalue weighted by Gasteiger charge is -2.26. The summed E-state index contributed by atoms with van der Waals surface area (Å²) < 4.78 is 0. The van der Waals surface area contributed by atoms with Crippen LogP contribution in [-0.4, -0.2) is 42.5 Å². The van der Waals surface area contributed by atoms with E-state index in [1.165, 1.54) is 38.8 Å². The maximum atomic E-state index is 11.4. The molecule has 4 nitrogen and oxygen atoms in total. The number of nitrogens with one attached hydrogen (secondary N) is 1. The molecule has 0 aromatic rings. The number of nitrogens with two attached hydrogens (primary N) is 1. The third-order valence-electron chi connectivity index (χ3n) is 4.33. The third-order valence-corrected chi connectivity index (χ3v) is 4.33. The van der Waals surface area contributed by atoms with E-state index in [1.54, 1.807) is 0 Å². The van der Waals surface area contributed by atoms with Gasteiger partial charge < -0.3 is 16.0 Å². The van der Waals surface area contributed by atoms with E-state index < -0.39 is 5.54 Å². The second kappa shape index (κ2) is 7.85. The summed E-state index contributed by atoms with van der Waals surface area (Å²) in [6.07, 6.45) is 8.35. The van der Waals surface area contributed by atoms with Gasteiger partial charge in [0, 0.05) is 6.04 Å². The summed E-state index contributed by atoms with van der Waals surface area (Å²) in [6.45, 7) is 6.55. The molecular weight excluding hydrogens is 238 g/mol. The second-order valence-corrected chi connectivity index (χ2v) is 6.02. The van der Waals surface area contributed by atoms with Gasteiger partial charge in [-0.2, -0.15) is 0 Å². The van der Waals surface area contributed by atoms with E-state index in [-0.39, 0.29) is 5.91 Å². The standard InChI is InChI=1S/C15H31N3O/c1-4-5-11-18(13-8-9-13)12-7-6-10-15(2,17-3)14(16)19/h13,17H,4-12H2,1-3H3,(H2,16,19). The van der Waals surface area contributed by atoms with E-state index in [0.717, 1.165) is 25.3 Å². The molecular formula is C15H31N3O. The molecule has 0 aromatic carbocycles. The highest BCUT2D eigenvalue weighted by Crippen LogP contribution is 2.27. The van der Waals surface area contributed by atoms with Crippen LogP contribution in [0.4, 0.5) is 0 Å². The number of hydrogen-bond acceptors (Lipinski definition) is 3. The zero-order chi connectivity index (χ0) is 14.3. The van der Waals surface area contributed by atoms with Gasteiger partial charge in [-0.05, 0) is 65.6 Å². The summed E-state index contributed by atoms with van der Waals surface area (Å²) in [5, 5.41) is 3.05. The first-order chi connectivity index (χ1) is 9.03. The first-order valence-electron chi connectivity index (χ1n) is 7.76. The van der Waals surface area contributed by atoms with Gasteiger partial charge in [0.25, 0.3) is 0 Å². The summed E-state index contributed by atoms with van der Waals surface area (Å²) in [6, 6.07) is 0.846. The van der Waals surface area contributed by atoms with Crippen molar-refractivity contribution in [1.82, 2.24) is 10.2 Å². The van der Waals surface area contributed by atoms with E-state index in [1.807, 2.05) is 14.0 Å². The van der Waals surface area contributed by atoms with Crippen LogP contribution in [0.2, 0.25) is 0 Å². The minimum atomic E-state index is -0.548. The molecule has 0 aliphatic heterocycles. The van der Waals surface area contributed by atoms with Crippen molar-refractivity contribution in [1.29, 1.82) is 0 Å². The molecule has 1 aliphatic carbocycles. The van der Waals surface area contributed by atoms with Crippen LogP contribution >= 0.6 is 0 Å². The first kappa shape index (κ1) is 16.4. The summed E-state index contributed by atoms with van der Waals surface area (Å²) in [5.41, 5.74) is 4.89. The second-order valence-electron chi connectivity index (χ2n) is 6.02. The number of hydrogen-bond donors (Lipinski definition) is 2. The molecule has 1 amide bonds. The number of rotatable bonds is 11. The Labute approximate surface area is 118 Å². The number of primary amides is 1. The fourth-order valence-electron chi connectivity index (χ4n) is 2.44. The zero-order valence-corrected chi connectivity index (χ0v) is 12.9. The lowest BCUT2D eigenvalue weighted by atomic mass is 9.94. The molecule has 1 aliphatic rings. The highest BCUT2D eigenvalue weighted by molar-refractivity contribution is 5.84. The molecule has 0 radical (unpaired) electrons. The van der Waals surface area contributed by atoms with Gasteiger partial charge in [-0.15, -0.1) is 0 Å². The van der Waals surface area contributed by atoms with E-state index in [0.29, 0.717) is 0 Å². The van der Waals surface area contributed by atoms with Crippen LogP contribution in [0, 0.1) is 0 Å². The molecule has 4 heteroatoms. The van der Waals surface area contributed by atoms with Crippen molar-refractivity contribution in [2.24, 2.45) is 5.73 Å². The topological polar surface area (TPSA) is 58.4 Å². The van der Waals surface area contributed by atoms with E-state index in [9.17, 15) is 4.79 Å². The number of amides is 1. The van der Waals surface area contributed by atoms with Crippen LogP contribution in [0.1, 0.15) is 58.8 Å². The van der Waals surface area contributed by atoms with Gasteiger partial charge in [-0.25, -0.2) is 0 Å². The van der Waals surface area contributed by atoms with Crippen LogP contribution in [0.25, 0.3) is 0 Å². The molecule has 1 atom stereocenters. The Balaban J connectivity index is 2.22. The molecule has 0 spiro atoms. The maximum Gasteiger partial charge on any atom is 0.237 e. The molecule has 1 saturated carbocycles. The molecule has 1 rings (SSSR count). The van der Waals surface area contributed by atoms with E-state index in [4.69, 9.17) is 5.73 Å². The van der Waals surface area contributed by atoms with Gasteiger partial charge in [0.1, 0.15) is 0 Å². The molecule has 19 heavy (non-hydrogen) atoms. The minimum absolute atomic E-state index is 0.250. The average molecular weight is 269 g/mol. The van der Waals surface area contributed by atoms with Crippen LogP contribution in [0.15, 0.2) is 0 Å². The van der Waals surface area contributed by atoms with Gasteiger partial charge >= 0.3 is 0 Å². The summed E-state index contributed by atoms with van der Waals surface area (Å²) in [5.74, 6) is -0.250. The first-order valence-corrected chi connectivity index (χ1v) is 7.76. The average Bonchev–Trinajstić information content (AvgIpc) is 3.21. The molecule has 0 bridgehead atoms. The monoisotopic (exact) mass is 269 g/mol. The highest BCUT2D eigenvalue weighted by atomic mass is 16.1. The Kier molecular flexibility index (Phi) is 6.80. The number of likely N-dealkylation sites (N-methyl/N-ethyl adjacent to an activating group) is 1. The Morgan fingerprint density at radius 2 is 1.95 bits per heavy atom. The lowest BCUT2D eigenvalue weighted by molar-refractivity contribution is -0.123. The minimum Gasteiger partial charge on any atom is -0.368 e. The quantitative estimate of drug-likeness (QED) is 0.563. The highest BCUT2D eigenvalue weighted by Gasteiger charge is 2.30. The summed E-state index contributed by atoms with van der Waals surface area (Å²) >= 11 is 0. The van der Waals surface area contributed by atoms with E-state index in [2.05, 4.69) is 17.1 Å². The Morgan fingerprint density at radius 3 is 2.42 bits per heavy atom. The smallest absolute Gasteiger partial charge is 0.237 e. The normalized spacial score (nSPS) is 18.5. The molecule has 0 heterocycles. The van der Waals surface area contributed by atoms with Crippen molar-refractivity contribution >= 4 is 5.91 Å². The molecule has 1 unspecified atom stereocenters. The fourth-order valence-corrected chi connectivity index (χ4v) is 2.44. The third kappa shape index (κ3) is 5.49. The van der Waals surface area contributed by atoms with Gasteiger partial charge in [-0.3, -0.25) is 4.79 Å². The van der Waals surface area contributed by atoms with Crippen LogP contribution in [-0.2, 0) is 4.79 Å². The molecule has 112 valence electrons. The zero-order valence-electron chi connectivity index (χ0n) is 12.9. The predicted octanol–water partition coefficient (Wildman–Crippen LogP) is 1.88. The van der Waals surface area contributed by atoms with Crippen molar-refractivity contribution in [3.8, 4) is 0 Å². The SMILES string of the molecule is CCCCN(CCCCC(C)(NC)C(N)=O)C1CC1. The molecule has 1 fully saturated rings. The molecule has 0 saturated heterocycles. The lowest BCUT2D eigenvalue weighted by Crippen LogP contribution is -2.51. The molecule has 3 N–H and O–H groups in total. The van der Waals surface area contributed by atoms with Gasteiger partial charge in [-0.1, -0.05) is 13.3 Å². The Hall–Kier alpha value is -0.610. The van der Waals surface area contributed by atoms with Crippen molar-refractivity contribution in [2.45, 2.75) is 70.4 Å². The van der Waals surface area contributed by atoms with Crippen LogP contribution < -0.4 is 11.1 Å². The maximum absolute atomic E-state index is 11.4. The van der Waals surface area contributed by atoms with Crippen LogP contribution in [0.3, 0.4) is 0 Å². The van der Waals surface area contributed by atoms with Gasteiger partial charge in [0.05, 0.1) is 5.54 Å². The molecule has 0 aromatic heterocycles. The summed E-state index contributed by atoms with van der Waals surface area (Å²) in [7, 11) is 1.81. The number of unbranched alkanes of at least 4 members (excludes halogenated alkanes) is 2. The van der Waals surface area contributed by atoms with Gasteiger partial charge in [0.15, 0.2) is 0 Å². The predicted molar refractivity (Wildman–Crippen MR) is 80.0 cm³/mol. The fraction of sp³-hybridized carbons (Fsp3) is 0.933.